The van der Waals surface area contributed by atoms with E-state index in [4.69, 9.17) is 5.11 Å². The first-order valence-electron chi connectivity index (χ1n) is 6.98. The second kappa shape index (κ2) is 6.42. The largest absolute Gasteiger partial charge is 0.480 e. The lowest BCUT2D eigenvalue weighted by Crippen LogP contribution is -2.37. The van der Waals surface area contributed by atoms with Gasteiger partial charge in [0, 0.05) is 6.54 Å². The van der Waals surface area contributed by atoms with Crippen LogP contribution in [0.5, 0.6) is 0 Å². The Labute approximate surface area is 130 Å². The molecule has 3 N–H and O–H groups in total. The van der Waals surface area contributed by atoms with Crippen LogP contribution in [0.4, 0.5) is 0 Å². The molecule has 0 aliphatic carbocycles. The third kappa shape index (κ3) is 3.44. The highest BCUT2D eigenvalue weighted by atomic mass is 16.4. The molecular formula is C14H16N4O5. The maximum absolute atomic E-state index is 12.5. The van der Waals surface area contributed by atoms with Gasteiger partial charge in [-0.3, -0.25) is 24.4 Å². The Morgan fingerprint density at radius 1 is 1.30 bits per heavy atom. The number of aromatic amines is 2. The van der Waals surface area contributed by atoms with Crippen molar-refractivity contribution in [2.75, 3.05) is 13.1 Å². The third-order valence-electron chi connectivity index (χ3n) is 3.23. The Morgan fingerprint density at radius 3 is 2.61 bits per heavy atom. The Morgan fingerprint density at radius 2 is 2.00 bits per heavy atom. The molecule has 0 bridgehead atoms. The second-order valence-corrected chi connectivity index (χ2v) is 5.08. The lowest BCUT2D eigenvalue weighted by Gasteiger charge is -2.19. The number of carbonyl (C=O) groups excluding carboxylic acids is 1. The quantitative estimate of drug-likeness (QED) is 0.701. The minimum atomic E-state index is -1.13. The molecular weight excluding hydrogens is 304 g/mol. The molecule has 2 aromatic rings. The lowest BCUT2D eigenvalue weighted by atomic mass is 10.1. The first-order chi connectivity index (χ1) is 10.8. The van der Waals surface area contributed by atoms with E-state index in [-0.39, 0.29) is 23.3 Å². The predicted octanol–water partition coefficient (Wildman–Crippen LogP) is -0.143. The van der Waals surface area contributed by atoms with Crippen LogP contribution >= 0.6 is 0 Å². The highest BCUT2D eigenvalue weighted by Crippen LogP contribution is 2.13. The van der Waals surface area contributed by atoms with Crippen molar-refractivity contribution < 1.29 is 14.7 Å². The molecule has 0 saturated heterocycles. The van der Waals surface area contributed by atoms with E-state index < -0.39 is 29.7 Å². The van der Waals surface area contributed by atoms with Crippen LogP contribution < -0.4 is 11.2 Å². The number of fused-ring (bicyclic) bond motifs is 1. The highest BCUT2D eigenvalue weighted by Gasteiger charge is 2.20. The number of carbonyl (C=O) groups is 2. The molecule has 1 amide bonds. The molecule has 9 nitrogen and oxygen atoms in total. The molecule has 0 atom stereocenters. The number of hydrogen-bond donors (Lipinski definition) is 3. The molecule has 0 radical (unpaired) electrons. The van der Waals surface area contributed by atoms with Crippen molar-refractivity contribution in [1.29, 1.82) is 0 Å². The van der Waals surface area contributed by atoms with Gasteiger partial charge in [-0.1, -0.05) is 6.92 Å². The molecule has 0 aromatic carbocycles. The van der Waals surface area contributed by atoms with Gasteiger partial charge in [0.2, 0.25) is 0 Å². The number of hydrogen-bond acceptors (Lipinski definition) is 5. The van der Waals surface area contributed by atoms with E-state index >= 15 is 0 Å². The smallest absolute Gasteiger partial charge is 0.327 e. The minimum absolute atomic E-state index is 0.00567. The standard InChI is InChI=1S/C14H16N4O5/c1-3-4-18(6-9(19)20)13(22)8-5-7(2)10-11(15-8)16-14(23)17-12(10)21/h5H,3-4,6H2,1-2H3,(H,19,20)(H2,15,16,17,21,23). The van der Waals surface area contributed by atoms with Gasteiger partial charge < -0.3 is 10.0 Å². The van der Waals surface area contributed by atoms with Gasteiger partial charge in [0.25, 0.3) is 11.5 Å². The normalized spacial score (nSPS) is 10.7. The number of aliphatic carboxylic acids is 1. The number of amides is 1. The topological polar surface area (TPSA) is 136 Å². The number of carboxylic acids is 1. The first-order valence-corrected chi connectivity index (χ1v) is 6.98. The number of pyridine rings is 1. The number of rotatable bonds is 5. The highest BCUT2D eigenvalue weighted by molar-refractivity contribution is 5.96. The van der Waals surface area contributed by atoms with Gasteiger partial charge in [-0.05, 0) is 25.0 Å². The number of H-pyrrole nitrogens is 2. The van der Waals surface area contributed by atoms with Crippen LogP contribution in [0.2, 0.25) is 0 Å². The lowest BCUT2D eigenvalue weighted by molar-refractivity contribution is -0.137. The Bertz CT molecular complexity index is 883. The van der Waals surface area contributed by atoms with Gasteiger partial charge in [-0.15, -0.1) is 0 Å². The molecule has 2 heterocycles. The van der Waals surface area contributed by atoms with Gasteiger partial charge in [0.15, 0.2) is 0 Å². The number of aromatic nitrogens is 3. The molecule has 0 saturated carbocycles. The molecule has 0 unspecified atom stereocenters. The van der Waals surface area contributed by atoms with Gasteiger partial charge in [-0.2, -0.15) is 0 Å². The van der Waals surface area contributed by atoms with Crippen molar-refractivity contribution in [2.45, 2.75) is 20.3 Å². The van der Waals surface area contributed by atoms with Crippen LogP contribution in [0.25, 0.3) is 11.0 Å². The Hall–Kier alpha value is -2.97. The molecule has 122 valence electrons. The number of nitrogens with zero attached hydrogens (tertiary/aromatic N) is 2. The van der Waals surface area contributed by atoms with E-state index in [9.17, 15) is 19.2 Å². The summed E-state index contributed by atoms with van der Waals surface area (Å²) in [6, 6.07) is 1.41. The van der Waals surface area contributed by atoms with Crippen molar-refractivity contribution in [2.24, 2.45) is 0 Å². The molecule has 0 aliphatic rings. The minimum Gasteiger partial charge on any atom is -0.480 e. The monoisotopic (exact) mass is 320 g/mol. The maximum atomic E-state index is 12.5. The summed E-state index contributed by atoms with van der Waals surface area (Å²) >= 11 is 0. The zero-order chi connectivity index (χ0) is 17.1. The summed E-state index contributed by atoms with van der Waals surface area (Å²) in [7, 11) is 0. The second-order valence-electron chi connectivity index (χ2n) is 5.08. The fourth-order valence-electron chi connectivity index (χ4n) is 2.31. The zero-order valence-corrected chi connectivity index (χ0v) is 12.7. The number of carboxylic acid groups (broad SMARTS) is 1. The predicted molar refractivity (Wildman–Crippen MR) is 81.6 cm³/mol. The third-order valence-corrected chi connectivity index (χ3v) is 3.23. The Kier molecular flexibility index (Phi) is 4.58. The van der Waals surface area contributed by atoms with Gasteiger partial charge in [0.1, 0.15) is 17.9 Å². The molecule has 9 heteroatoms. The van der Waals surface area contributed by atoms with Crippen LogP contribution in [0.3, 0.4) is 0 Å². The van der Waals surface area contributed by atoms with E-state index in [2.05, 4.69) is 15.0 Å². The molecule has 2 aromatic heterocycles. The van der Waals surface area contributed by atoms with E-state index in [1.807, 2.05) is 6.92 Å². The maximum Gasteiger partial charge on any atom is 0.327 e. The molecule has 2 rings (SSSR count). The average Bonchev–Trinajstić information content (AvgIpc) is 2.44. The summed E-state index contributed by atoms with van der Waals surface area (Å²) in [6.45, 7) is 3.24. The summed E-state index contributed by atoms with van der Waals surface area (Å²) in [5.41, 5.74) is -0.888. The molecule has 23 heavy (non-hydrogen) atoms. The van der Waals surface area contributed by atoms with E-state index in [1.165, 1.54) is 6.07 Å². The van der Waals surface area contributed by atoms with Crippen LogP contribution in [-0.2, 0) is 4.79 Å². The fourth-order valence-corrected chi connectivity index (χ4v) is 2.31. The molecule has 0 fully saturated rings. The van der Waals surface area contributed by atoms with Crippen LogP contribution in [0.1, 0.15) is 29.4 Å². The van der Waals surface area contributed by atoms with Crippen molar-refractivity contribution >= 4 is 22.9 Å². The zero-order valence-electron chi connectivity index (χ0n) is 12.7. The van der Waals surface area contributed by atoms with Crippen LogP contribution in [-0.4, -0.2) is 49.9 Å². The van der Waals surface area contributed by atoms with Gasteiger partial charge in [0.05, 0.1) is 5.39 Å². The summed E-state index contributed by atoms with van der Waals surface area (Å²) < 4.78 is 0. The van der Waals surface area contributed by atoms with Gasteiger partial charge >= 0.3 is 11.7 Å². The fraction of sp³-hybridized carbons (Fsp3) is 0.357. The Balaban J connectivity index is 2.54. The summed E-state index contributed by atoms with van der Waals surface area (Å²) in [5, 5.41) is 9.08. The van der Waals surface area contributed by atoms with E-state index in [0.717, 1.165) is 4.90 Å². The average molecular weight is 320 g/mol. The van der Waals surface area contributed by atoms with Gasteiger partial charge in [-0.25, -0.2) is 9.78 Å². The van der Waals surface area contributed by atoms with E-state index in [1.54, 1.807) is 6.92 Å². The van der Waals surface area contributed by atoms with Crippen molar-refractivity contribution in [3.8, 4) is 0 Å². The summed E-state index contributed by atoms with van der Waals surface area (Å²) in [5.74, 6) is -1.70. The van der Waals surface area contributed by atoms with Crippen molar-refractivity contribution in [3.05, 3.63) is 38.2 Å². The summed E-state index contributed by atoms with van der Waals surface area (Å²) in [6.07, 6.45) is 0.585. The van der Waals surface area contributed by atoms with Crippen LogP contribution in [0.15, 0.2) is 15.7 Å². The first kappa shape index (κ1) is 16.4. The molecule has 0 aliphatic heterocycles. The van der Waals surface area contributed by atoms with Crippen LogP contribution in [0, 0.1) is 6.92 Å². The van der Waals surface area contributed by atoms with Crippen molar-refractivity contribution in [1.82, 2.24) is 19.9 Å². The summed E-state index contributed by atoms with van der Waals surface area (Å²) in [4.78, 5) is 56.1. The molecule has 0 spiro atoms. The number of aryl methyl sites for hydroxylation is 1. The van der Waals surface area contributed by atoms with Crippen molar-refractivity contribution in [3.63, 3.8) is 0 Å². The SMILES string of the molecule is CCCN(CC(=O)O)C(=O)c1cc(C)c2c(=O)[nH]c(=O)[nH]c2n1. The number of nitrogens with one attached hydrogen (secondary N) is 2. The van der Waals surface area contributed by atoms with E-state index in [0.29, 0.717) is 12.0 Å².